The second-order valence-electron chi connectivity index (χ2n) is 6.50. The van der Waals surface area contributed by atoms with E-state index in [9.17, 15) is 18.3 Å². The minimum absolute atomic E-state index is 0.0630. The minimum Gasteiger partial charge on any atom is -0.477 e. The Morgan fingerprint density at radius 1 is 1.38 bits per heavy atom. The molecule has 0 spiro atoms. The van der Waals surface area contributed by atoms with Crippen molar-refractivity contribution >= 4 is 16.0 Å². The number of carboxylic acid groups (broad SMARTS) is 1. The number of nitrogens with zero attached hydrogens (tertiary/aromatic N) is 2. The smallest absolute Gasteiger partial charge is 0.352 e. The van der Waals surface area contributed by atoms with Gasteiger partial charge in [0.2, 0.25) is 10.0 Å². The molecule has 0 atom stereocenters. The van der Waals surface area contributed by atoms with Crippen molar-refractivity contribution in [3.05, 3.63) is 18.0 Å². The number of hydrogen-bond donors (Lipinski definition) is 1. The fraction of sp³-hybridized carbons (Fsp3) is 0.643. The van der Waals surface area contributed by atoms with Gasteiger partial charge in [0.25, 0.3) is 0 Å². The average molecular weight is 312 g/mol. The summed E-state index contributed by atoms with van der Waals surface area (Å²) in [7, 11) is -3.64. The Labute approximate surface area is 124 Å². The first kappa shape index (κ1) is 14.6. The summed E-state index contributed by atoms with van der Waals surface area (Å²) in [6, 6.07) is 1.43. The summed E-state index contributed by atoms with van der Waals surface area (Å²) >= 11 is 0. The van der Waals surface area contributed by atoms with Crippen LogP contribution in [0, 0.1) is 0 Å². The number of aromatic carboxylic acids is 1. The number of hydrogen-bond acceptors (Lipinski definition) is 3. The van der Waals surface area contributed by atoms with E-state index < -0.39 is 21.5 Å². The van der Waals surface area contributed by atoms with Crippen LogP contribution < -0.4 is 0 Å². The Bertz CT molecular complexity index is 686. The summed E-state index contributed by atoms with van der Waals surface area (Å²) in [6.07, 6.45) is 4.96. The molecule has 0 aromatic carbocycles. The van der Waals surface area contributed by atoms with E-state index in [4.69, 9.17) is 0 Å². The zero-order valence-corrected chi connectivity index (χ0v) is 13.1. The first-order valence-corrected chi connectivity index (χ1v) is 8.65. The quantitative estimate of drug-likeness (QED) is 0.923. The van der Waals surface area contributed by atoms with Crippen molar-refractivity contribution in [1.82, 2.24) is 8.87 Å². The Hall–Kier alpha value is -1.34. The summed E-state index contributed by atoms with van der Waals surface area (Å²) in [5, 5.41) is 9.26. The first-order valence-electron chi connectivity index (χ1n) is 7.21. The second-order valence-corrected chi connectivity index (χ2v) is 8.36. The van der Waals surface area contributed by atoms with Crippen molar-refractivity contribution in [2.45, 2.75) is 56.0 Å². The maximum atomic E-state index is 12.8. The van der Waals surface area contributed by atoms with E-state index in [0.717, 1.165) is 25.7 Å². The molecule has 1 N–H and O–H groups in total. The van der Waals surface area contributed by atoms with Crippen molar-refractivity contribution in [3.63, 3.8) is 0 Å². The third-order valence-electron chi connectivity index (χ3n) is 4.40. The molecule has 116 valence electrons. The van der Waals surface area contributed by atoms with Gasteiger partial charge in [0, 0.05) is 24.3 Å². The number of carboxylic acids is 1. The van der Waals surface area contributed by atoms with Crippen molar-refractivity contribution in [2.75, 3.05) is 6.54 Å². The largest absolute Gasteiger partial charge is 0.477 e. The number of sulfonamides is 1. The highest BCUT2D eigenvalue weighted by molar-refractivity contribution is 7.89. The number of rotatable bonds is 4. The molecule has 1 aliphatic carbocycles. The first-order chi connectivity index (χ1) is 9.73. The lowest BCUT2D eigenvalue weighted by atomic mass is 10.0. The molecule has 21 heavy (non-hydrogen) atoms. The number of aromatic nitrogens is 1. The van der Waals surface area contributed by atoms with Gasteiger partial charge in [-0.2, -0.15) is 4.31 Å². The molecule has 0 radical (unpaired) electrons. The Kier molecular flexibility index (Phi) is 3.18. The molecular weight excluding hydrogens is 292 g/mol. The summed E-state index contributed by atoms with van der Waals surface area (Å²) in [5.74, 6) is -1.08. The molecule has 3 rings (SSSR count). The zero-order valence-electron chi connectivity index (χ0n) is 12.2. The van der Waals surface area contributed by atoms with Crippen LogP contribution in [0.3, 0.4) is 0 Å². The fourth-order valence-electron chi connectivity index (χ4n) is 3.08. The highest BCUT2D eigenvalue weighted by Crippen LogP contribution is 2.39. The van der Waals surface area contributed by atoms with Crippen molar-refractivity contribution in [3.8, 4) is 0 Å². The standard InChI is InChI=1S/C14H20N2O4S/c1-14(2)6-3-7-16(14)21(19,20)11-8-12(13(17)18)15(9-11)10-4-5-10/h8-10H,3-7H2,1-2H3,(H,17,18). The highest BCUT2D eigenvalue weighted by atomic mass is 32.2. The van der Waals surface area contributed by atoms with Crippen LogP contribution >= 0.6 is 0 Å². The maximum Gasteiger partial charge on any atom is 0.352 e. The van der Waals surface area contributed by atoms with Gasteiger partial charge in [-0.3, -0.25) is 0 Å². The summed E-state index contributed by atoms with van der Waals surface area (Å²) in [4.78, 5) is 11.4. The number of carbonyl (C=O) groups is 1. The molecule has 0 amide bonds. The van der Waals surface area contributed by atoms with E-state index in [1.54, 1.807) is 4.57 Å². The lowest BCUT2D eigenvalue weighted by Crippen LogP contribution is -2.42. The summed E-state index contributed by atoms with van der Waals surface area (Å²) in [6.45, 7) is 4.31. The SMILES string of the molecule is CC1(C)CCCN1S(=O)(=O)c1cc(C(=O)O)n(C2CC2)c1. The monoisotopic (exact) mass is 312 g/mol. The van der Waals surface area contributed by atoms with Crippen LogP contribution in [-0.4, -0.2) is 40.4 Å². The normalized spacial score (nSPS) is 22.6. The van der Waals surface area contributed by atoms with E-state index in [0.29, 0.717) is 6.54 Å². The molecule has 1 saturated carbocycles. The van der Waals surface area contributed by atoms with Gasteiger partial charge in [-0.25, -0.2) is 13.2 Å². The molecule has 6 nitrogen and oxygen atoms in total. The molecule has 7 heteroatoms. The van der Waals surface area contributed by atoms with Crippen molar-refractivity contribution < 1.29 is 18.3 Å². The Balaban J connectivity index is 2.03. The van der Waals surface area contributed by atoms with Crippen LogP contribution in [-0.2, 0) is 10.0 Å². The molecule has 1 saturated heterocycles. The van der Waals surface area contributed by atoms with Gasteiger partial charge < -0.3 is 9.67 Å². The lowest BCUT2D eigenvalue weighted by Gasteiger charge is -2.30. The van der Waals surface area contributed by atoms with Crippen molar-refractivity contribution in [2.24, 2.45) is 0 Å². The molecule has 0 bridgehead atoms. The van der Waals surface area contributed by atoms with Gasteiger partial charge in [-0.05, 0) is 45.6 Å². The Morgan fingerprint density at radius 3 is 2.52 bits per heavy atom. The minimum atomic E-state index is -3.64. The van der Waals surface area contributed by atoms with Crippen LogP contribution in [0.5, 0.6) is 0 Å². The van der Waals surface area contributed by atoms with Gasteiger partial charge in [-0.15, -0.1) is 0 Å². The van der Waals surface area contributed by atoms with Gasteiger partial charge in [0.05, 0.1) is 0 Å². The molecule has 0 unspecified atom stereocenters. The topological polar surface area (TPSA) is 79.6 Å². The van der Waals surface area contributed by atoms with Gasteiger partial charge in [0.1, 0.15) is 10.6 Å². The molecule has 1 aliphatic heterocycles. The molecule has 1 aromatic rings. The summed E-state index contributed by atoms with van der Waals surface area (Å²) in [5.41, 5.74) is -0.350. The van der Waals surface area contributed by atoms with Crippen molar-refractivity contribution in [1.29, 1.82) is 0 Å². The van der Waals surface area contributed by atoms with Crippen LogP contribution in [0.1, 0.15) is 56.1 Å². The zero-order chi connectivity index (χ0) is 15.4. The lowest BCUT2D eigenvalue weighted by molar-refractivity contribution is 0.0685. The van der Waals surface area contributed by atoms with E-state index in [2.05, 4.69) is 0 Å². The molecular formula is C14H20N2O4S. The van der Waals surface area contributed by atoms with Crippen LogP contribution in [0.4, 0.5) is 0 Å². The molecule has 2 heterocycles. The predicted octanol–water partition coefficient (Wildman–Crippen LogP) is 2.08. The van der Waals surface area contributed by atoms with E-state index in [1.807, 2.05) is 13.8 Å². The summed E-state index contributed by atoms with van der Waals surface area (Å²) < 4.78 is 28.7. The van der Waals surface area contributed by atoms with Crippen LogP contribution in [0.15, 0.2) is 17.2 Å². The van der Waals surface area contributed by atoms with Crippen LogP contribution in [0.2, 0.25) is 0 Å². The van der Waals surface area contributed by atoms with E-state index >= 15 is 0 Å². The highest BCUT2D eigenvalue weighted by Gasteiger charge is 2.42. The average Bonchev–Trinajstić information content (AvgIpc) is 2.99. The third kappa shape index (κ3) is 2.38. The molecule has 2 aliphatic rings. The maximum absolute atomic E-state index is 12.8. The Morgan fingerprint density at radius 2 is 2.05 bits per heavy atom. The third-order valence-corrected chi connectivity index (χ3v) is 6.47. The van der Waals surface area contributed by atoms with Gasteiger partial charge in [-0.1, -0.05) is 0 Å². The predicted molar refractivity (Wildman–Crippen MR) is 76.9 cm³/mol. The second kappa shape index (κ2) is 4.58. The molecule has 2 fully saturated rings. The molecule has 1 aromatic heterocycles. The van der Waals surface area contributed by atoms with Crippen LogP contribution in [0.25, 0.3) is 0 Å². The van der Waals surface area contributed by atoms with Gasteiger partial charge >= 0.3 is 5.97 Å². The van der Waals surface area contributed by atoms with E-state index in [1.165, 1.54) is 16.6 Å². The fourth-order valence-corrected chi connectivity index (χ4v) is 4.95. The van der Waals surface area contributed by atoms with E-state index in [-0.39, 0.29) is 16.6 Å². The van der Waals surface area contributed by atoms with Gasteiger partial charge in [0.15, 0.2) is 0 Å².